The van der Waals surface area contributed by atoms with E-state index in [9.17, 15) is 14.7 Å². The molecule has 6 heteroatoms. The zero-order chi connectivity index (χ0) is 13.7. The number of likely N-dealkylation sites (tertiary alicyclic amines) is 1. The Balaban J connectivity index is 2.53. The molecular formula is C12H23N3O3. The number of piperidine rings is 1. The van der Waals surface area contributed by atoms with Crippen molar-refractivity contribution in [2.45, 2.75) is 32.7 Å². The highest BCUT2D eigenvalue weighted by molar-refractivity contribution is 5.80. The number of primary amides is 1. The van der Waals surface area contributed by atoms with Crippen LogP contribution in [0.2, 0.25) is 0 Å². The zero-order valence-electron chi connectivity index (χ0n) is 11.1. The molecule has 0 aliphatic carbocycles. The molecule has 1 aliphatic heterocycles. The molecule has 0 aromatic carbocycles. The van der Waals surface area contributed by atoms with Crippen molar-refractivity contribution in [3.05, 3.63) is 0 Å². The van der Waals surface area contributed by atoms with Gasteiger partial charge in [-0.3, -0.25) is 4.79 Å². The van der Waals surface area contributed by atoms with Gasteiger partial charge in [0.15, 0.2) is 0 Å². The van der Waals surface area contributed by atoms with E-state index in [1.54, 1.807) is 0 Å². The van der Waals surface area contributed by atoms with Gasteiger partial charge in [-0.15, -0.1) is 0 Å². The number of carbonyl (C=O) groups is 2. The molecule has 3 amide bonds. The number of aliphatic hydroxyl groups is 1. The Bertz CT molecular complexity index is 307. The van der Waals surface area contributed by atoms with E-state index in [2.05, 4.69) is 5.32 Å². The Hall–Kier alpha value is -1.30. The third-order valence-corrected chi connectivity index (χ3v) is 3.43. The number of aliphatic hydroxyl groups excluding tert-OH is 1. The molecule has 6 nitrogen and oxygen atoms in total. The number of nitrogens with one attached hydrogen (secondary N) is 1. The molecule has 1 fully saturated rings. The van der Waals surface area contributed by atoms with E-state index < -0.39 is 6.03 Å². The summed E-state index contributed by atoms with van der Waals surface area (Å²) in [7, 11) is 0. The fraction of sp³-hybridized carbons (Fsp3) is 0.833. The molecule has 0 bridgehead atoms. The van der Waals surface area contributed by atoms with Gasteiger partial charge in [-0.1, -0.05) is 13.8 Å². The molecule has 0 spiro atoms. The summed E-state index contributed by atoms with van der Waals surface area (Å²) >= 11 is 0. The van der Waals surface area contributed by atoms with Gasteiger partial charge in [0.2, 0.25) is 5.91 Å². The monoisotopic (exact) mass is 257 g/mol. The van der Waals surface area contributed by atoms with E-state index in [1.165, 1.54) is 4.90 Å². The Kier molecular flexibility index (Phi) is 5.40. The van der Waals surface area contributed by atoms with Crippen LogP contribution in [0.15, 0.2) is 0 Å². The lowest BCUT2D eigenvalue weighted by Gasteiger charge is -2.32. The van der Waals surface area contributed by atoms with Crippen molar-refractivity contribution in [3.63, 3.8) is 0 Å². The summed E-state index contributed by atoms with van der Waals surface area (Å²) < 4.78 is 0. The molecule has 0 aromatic heterocycles. The number of nitrogens with two attached hydrogens (primary N) is 1. The fourth-order valence-corrected chi connectivity index (χ4v) is 2.12. The van der Waals surface area contributed by atoms with Crippen molar-refractivity contribution in [2.75, 3.05) is 19.7 Å². The maximum atomic E-state index is 12.0. The maximum Gasteiger partial charge on any atom is 0.314 e. The Labute approximate surface area is 108 Å². The normalized spacial score (nSPS) is 21.8. The summed E-state index contributed by atoms with van der Waals surface area (Å²) in [4.78, 5) is 24.6. The maximum absolute atomic E-state index is 12.0. The molecule has 2 atom stereocenters. The molecule has 4 N–H and O–H groups in total. The van der Waals surface area contributed by atoms with Crippen LogP contribution in [0.4, 0.5) is 4.79 Å². The van der Waals surface area contributed by atoms with Gasteiger partial charge in [0.1, 0.15) is 0 Å². The van der Waals surface area contributed by atoms with Gasteiger partial charge in [-0.05, 0) is 18.8 Å². The molecule has 2 unspecified atom stereocenters. The number of urea groups is 1. The average molecular weight is 257 g/mol. The van der Waals surface area contributed by atoms with Crippen molar-refractivity contribution in [3.8, 4) is 0 Å². The van der Waals surface area contributed by atoms with Gasteiger partial charge in [-0.2, -0.15) is 0 Å². The Morgan fingerprint density at radius 2 is 2.17 bits per heavy atom. The second-order valence-electron chi connectivity index (χ2n) is 5.17. The highest BCUT2D eigenvalue weighted by atomic mass is 16.3. The number of amides is 3. The highest BCUT2D eigenvalue weighted by Gasteiger charge is 2.28. The van der Waals surface area contributed by atoms with Gasteiger partial charge in [0.25, 0.3) is 0 Å². The van der Waals surface area contributed by atoms with Crippen molar-refractivity contribution in [2.24, 2.45) is 17.6 Å². The lowest BCUT2D eigenvalue weighted by Crippen LogP contribution is -2.50. The first-order valence-electron chi connectivity index (χ1n) is 6.41. The number of hydrogen-bond donors (Lipinski definition) is 3. The van der Waals surface area contributed by atoms with E-state index in [-0.39, 0.29) is 30.4 Å². The lowest BCUT2D eigenvalue weighted by molar-refractivity contribution is -0.127. The van der Waals surface area contributed by atoms with Gasteiger partial charge >= 0.3 is 6.03 Å². The van der Waals surface area contributed by atoms with Crippen LogP contribution in [-0.2, 0) is 4.79 Å². The molecule has 1 aliphatic rings. The first-order chi connectivity index (χ1) is 8.45. The summed E-state index contributed by atoms with van der Waals surface area (Å²) in [5.74, 6) is -0.150. The van der Waals surface area contributed by atoms with Crippen LogP contribution in [0.25, 0.3) is 0 Å². The van der Waals surface area contributed by atoms with Gasteiger partial charge in [0, 0.05) is 13.1 Å². The quantitative estimate of drug-likeness (QED) is 0.656. The highest BCUT2D eigenvalue weighted by Crippen LogP contribution is 2.17. The van der Waals surface area contributed by atoms with Gasteiger partial charge in [0.05, 0.1) is 18.6 Å². The van der Waals surface area contributed by atoms with Crippen LogP contribution < -0.4 is 11.1 Å². The third kappa shape index (κ3) is 3.87. The molecule has 104 valence electrons. The van der Waals surface area contributed by atoms with Crippen LogP contribution in [-0.4, -0.2) is 47.7 Å². The van der Waals surface area contributed by atoms with Crippen molar-refractivity contribution < 1.29 is 14.7 Å². The second-order valence-corrected chi connectivity index (χ2v) is 5.17. The van der Waals surface area contributed by atoms with Crippen LogP contribution in [0, 0.1) is 11.8 Å². The molecular weight excluding hydrogens is 234 g/mol. The summed E-state index contributed by atoms with van der Waals surface area (Å²) in [6.07, 6.45) is 1.54. The van der Waals surface area contributed by atoms with Crippen LogP contribution in [0.1, 0.15) is 26.7 Å². The zero-order valence-corrected chi connectivity index (χ0v) is 11.1. The molecule has 0 saturated carbocycles. The Morgan fingerprint density at radius 3 is 2.67 bits per heavy atom. The summed E-state index contributed by atoms with van der Waals surface area (Å²) in [6, 6.07) is -0.712. The largest absolute Gasteiger partial charge is 0.394 e. The smallest absolute Gasteiger partial charge is 0.314 e. The summed E-state index contributed by atoms with van der Waals surface area (Å²) in [5.41, 5.74) is 5.22. The molecule has 1 rings (SSSR count). The first-order valence-corrected chi connectivity index (χ1v) is 6.41. The predicted octanol–water partition coefficient (Wildman–Crippen LogP) is -0.0898. The number of carbonyl (C=O) groups excluding carboxylic acids is 2. The molecule has 1 heterocycles. The summed E-state index contributed by atoms with van der Waals surface area (Å²) in [6.45, 7) is 4.80. The topological polar surface area (TPSA) is 95.7 Å². The SMILES string of the molecule is CC(C)C(CO)NC(=O)C1CCCN(C(N)=O)C1. The molecule has 1 saturated heterocycles. The number of nitrogens with zero attached hydrogens (tertiary/aromatic N) is 1. The van der Waals surface area contributed by atoms with E-state index in [0.29, 0.717) is 13.1 Å². The van der Waals surface area contributed by atoms with Crippen LogP contribution in [0.5, 0.6) is 0 Å². The van der Waals surface area contributed by atoms with E-state index in [1.807, 2.05) is 13.8 Å². The molecule has 0 radical (unpaired) electrons. The minimum atomic E-state index is -0.477. The fourth-order valence-electron chi connectivity index (χ4n) is 2.12. The Morgan fingerprint density at radius 1 is 1.50 bits per heavy atom. The number of hydrogen-bond acceptors (Lipinski definition) is 3. The van der Waals surface area contributed by atoms with Crippen molar-refractivity contribution >= 4 is 11.9 Å². The summed E-state index contributed by atoms with van der Waals surface area (Å²) in [5, 5.41) is 12.0. The van der Waals surface area contributed by atoms with Crippen molar-refractivity contribution in [1.29, 1.82) is 0 Å². The first kappa shape index (κ1) is 14.8. The van der Waals surface area contributed by atoms with Crippen LogP contribution >= 0.6 is 0 Å². The van der Waals surface area contributed by atoms with Gasteiger partial charge < -0.3 is 21.1 Å². The predicted molar refractivity (Wildman–Crippen MR) is 67.7 cm³/mol. The number of rotatable bonds is 4. The van der Waals surface area contributed by atoms with Gasteiger partial charge in [-0.25, -0.2) is 4.79 Å². The van der Waals surface area contributed by atoms with E-state index in [4.69, 9.17) is 5.73 Å². The van der Waals surface area contributed by atoms with Crippen LogP contribution in [0.3, 0.4) is 0 Å². The molecule has 18 heavy (non-hydrogen) atoms. The second kappa shape index (κ2) is 6.58. The van der Waals surface area contributed by atoms with E-state index >= 15 is 0 Å². The third-order valence-electron chi connectivity index (χ3n) is 3.43. The van der Waals surface area contributed by atoms with E-state index in [0.717, 1.165) is 12.8 Å². The average Bonchev–Trinajstić information content (AvgIpc) is 2.35. The molecule has 0 aromatic rings. The standard InChI is InChI=1S/C12H23N3O3/c1-8(2)10(7-16)14-11(17)9-4-3-5-15(6-9)12(13)18/h8-10,16H,3-7H2,1-2H3,(H2,13,18)(H,14,17). The lowest BCUT2D eigenvalue weighted by atomic mass is 9.96. The minimum absolute atomic E-state index is 0.0737. The minimum Gasteiger partial charge on any atom is -0.394 e. The van der Waals surface area contributed by atoms with Crippen molar-refractivity contribution in [1.82, 2.24) is 10.2 Å².